The van der Waals surface area contributed by atoms with Gasteiger partial charge in [-0.2, -0.15) is 4.98 Å². The highest BCUT2D eigenvalue weighted by Gasteiger charge is 2.26. The Hall–Kier alpha value is -3.38. The van der Waals surface area contributed by atoms with Crippen LogP contribution < -0.4 is 4.72 Å². The quantitative estimate of drug-likeness (QED) is 0.565. The molecule has 12 heteroatoms. The van der Waals surface area contributed by atoms with Crippen LogP contribution >= 0.6 is 0 Å². The van der Waals surface area contributed by atoms with Crippen molar-refractivity contribution in [1.29, 1.82) is 0 Å². The van der Waals surface area contributed by atoms with Gasteiger partial charge in [-0.25, -0.2) is 21.9 Å². The Labute approximate surface area is 195 Å². The first-order valence-electron chi connectivity index (χ1n) is 10.4. The van der Waals surface area contributed by atoms with Crippen LogP contribution in [0.1, 0.15) is 40.3 Å². The molecule has 0 spiro atoms. The molecule has 1 atom stereocenters. The fraction of sp³-hybridized carbons (Fsp3) is 0.318. The maximum absolute atomic E-state index is 13.7. The predicted molar refractivity (Wildman–Crippen MR) is 118 cm³/mol. The Morgan fingerprint density at radius 2 is 1.85 bits per heavy atom. The molecule has 34 heavy (non-hydrogen) atoms. The lowest BCUT2D eigenvalue weighted by Gasteiger charge is -2.34. The Balaban J connectivity index is 1.53. The minimum atomic E-state index is -4.07. The van der Waals surface area contributed by atoms with E-state index in [4.69, 9.17) is 4.52 Å². The largest absolute Gasteiger partial charge is 0.342 e. The van der Waals surface area contributed by atoms with E-state index >= 15 is 0 Å². The normalized spacial score (nSPS) is 15.0. The van der Waals surface area contributed by atoms with Crippen LogP contribution in [0.25, 0.3) is 0 Å². The molecule has 1 N–H and O–H groups in total. The highest BCUT2D eigenvalue weighted by atomic mass is 32.2. The monoisotopic (exact) mass is 491 g/mol. The molecule has 180 valence electrons. The highest BCUT2D eigenvalue weighted by Crippen LogP contribution is 2.30. The molecule has 0 aliphatic carbocycles. The van der Waals surface area contributed by atoms with Gasteiger partial charge in [0.2, 0.25) is 0 Å². The fourth-order valence-corrected chi connectivity index (χ4v) is 4.78. The average Bonchev–Trinajstić information content (AvgIpc) is 3.24. The molecule has 2 heterocycles. The van der Waals surface area contributed by atoms with Crippen molar-refractivity contribution in [2.45, 2.75) is 30.8 Å². The first-order valence-corrected chi connectivity index (χ1v) is 11.9. The number of amides is 1. The maximum atomic E-state index is 13.7. The topological polar surface area (TPSA) is 109 Å². The van der Waals surface area contributed by atoms with Gasteiger partial charge in [-0.05, 0) is 59.5 Å². The van der Waals surface area contributed by atoms with E-state index in [1.54, 1.807) is 12.1 Å². The van der Waals surface area contributed by atoms with Gasteiger partial charge < -0.3 is 9.42 Å². The van der Waals surface area contributed by atoms with Gasteiger partial charge in [-0.3, -0.25) is 9.69 Å². The summed E-state index contributed by atoms with van der Waals surface area (Å²) in [4.78, 5) is 18.9. The molecule has 2 aromatic carbocycles. The van der Waals surface area contributed by atoms with Gasteiger partial charge in [0.15, 0.2) is 0 Å². The third-order valence-electron chi connectivity index (χ3n) is 5.69. The van der Waals surface area contributed by atoms with Gasteiger partial charge >= 0.3 is 6.01 Å². The van der Waals surface area contributed by atoms with Crippen LogP contribution in [0.4, 0.5) is 14.8 Å². The van der Waals surface area contributed by atoms with Crippen molar-refractivity contribution in [1.82, 2.24) is 19.9 Å². The number of nitrogens with one attached hydrogen (secondary N) is 1. The van der Waals surface area contributed by atoms with Crippen molar-refractivity contribution in [3.8, 4) is 0 Å². The van der Waals surface area contributed by atoms with Crippen molar-refractivity contribution in [3.05, 3.63) is 70.5 Å². The van der Waals surface area contributed by atoms with Gasteiger partial charge in [-0.15, -0.1) is 0 Å². The number of anilines is 1. The summed E-state index contributed by atoms with van der Waals surface area (Å²) in [6, 6.07) is 7.49. The minimum absolute atomic E-state index is 0.0174. The number of benzene rings is 2. The second kappa shape index (κ2) is 9.11. The number of sulfonamides is 1. The molecule has 1 aliphatic heterocycles. The zero-order valence-electron chi connectivity index (χ0n) is 18.7. The van der Waals surface area contributed by atoms with Gasteiger partial charge in [0, 0.05) is 39.3 Å². The first-order chi connectivity index (χ1) is 16.0. The van der Waals surface area contributed by atoms with E-state index in [-0.39, 0.29) is 16.8 Å². The van der Waals surface area contributed by atoms with Crippen LogP contribution in [0.3, 0.4) is 0 Å². The molecule has 4 rings (SSSR count). The Bertz CT molecular complexity index is 1320. The Morgan fingerprint density at radius 1 is 1.15 bits per heavy atom. The maximum Gasteiger partial charge on any atom is 0.335 e. The predicted octanol–water partition coefficient (Wildman–Crippen LogP) is 2.97. The molecule has 0 radical (unpaired) electrons. The number of carbonyl (C=O) groups excluding carboxylic acids is 1. The van der Waals surface area contributed by atoms with Gasteiger partial charge in [-0.1, -0.05) is 6.07 Å². The second-order valence-corrected chi connectivity index (χ2v) is 9.94. The summed E-state index contributed by atoms with van der Waals surface area (Å²) >= 11 is 0. The van der Waals surface area contributed by atoms with E-state index in [0.717, 1.165) is 17.2 Å². The van der Waals surface area contributed by atoms with E-state index in [0.29, 0.717) is 25.1 Å². The molecule has 1 unspecified atom stereocenters. The second-order valence-electron chi connectivity index (χ2n) is 8.26. The zero-order valence-corrected chi connectivity index (χ0v) is 19.6. The van der Waals surface area contributed by atoms with Crippen molar-refractivity contribution in [3.63, 3.8) is 0 Å². The molecule has 1 amide bonds. The van der Waals surface area contributed by atoms with Crippen molar-refractivity contribution >= 4 is 21.9 Å². The lowest BCUT2D eigenvalue weighted by atomic mass is 9.97. The summed E-state index contributed by atoms with van der Waals surface area (Å²) in [5.41, 5.74) is 2.28. The van der Waals surface area contributed by atoms with E-state index in [9.17, 15) is 22.0 Å². The lowest BCUT2D eigenvalue weighted by Crippen LogP contribution is -2.33. The summed E-state index contributed by atoms with van der Waals surface area (Å²) in [5.74, 6) is -2.09. The van der Waals surface area contributed by atoms with Gasteiger partial charge in [0.25, 0.3) is 21.8 Å². The molecule has 3 aromatic rings. The summed E-state index contributed by atoms with van der Waals surface area (Å²) in [6.45, 7) is 2.91. The number of rotatable bonds is 6. The third kappa shape index (κ3) is 4.92. The molecule has 0 bridgehead atoms. The number of hydrogen-bond acceptors (Lipinski definition) is 7. The van der Waals surface area contributed by atoms with Crippen molar-refractivity contribution < 1.29 is 26.5 Å². The molecule has 0 saturated heterocycles. The molecule has 0 fully saturated rings. The molecule has 1 aromatic heterocycles. The van der Waals surface area contributed by atoms with Gasteiger partial charge in [0.05, 0.1) is 4.90 Å². The van der Waals surface area contributed by atoms with Crippen LogP contribution in [0.15, 0.2) is 45.8 Å². The number of carbonyl (C=O) groups is 1. The summed E-state index contributed by atoms with van der Waals surface area (Å²) in [6.07, 6.45) is 0.658. The highest BCUT2D eigenvalue weighted by molar-refractivity contribution is 7.92. The minimum Gasteiger partial charge on any atom is -0.342 e. The van der Waals surface area contributed by atoms with E-state index in [2.05, 4.69) is 14.9 Å². The van der Waals surface area contributed by atoms with Crippen LogP contribution in [0.2, 0.25) is 0 Å². The number of hydrogen-bond donors (Lipinski definition) is 1. The summed E-state index contributed by atoms with van der Waals surface area (Å²) in [5, 5.41) is 3.49. The number of fused-ring (bicyclic) bond motifs is 1. The van der Waals surface area contributed by atoms with Crippen LogP contribution in [0.5, 0.6) is 0 Å². The SMILES string of the molecule is CC(c1cc(F)cc(F)c1)N1CCc2ccc(S(=O)(=O)Nc3nc(C(=O)N(C)C)no3)cc2C1. The summed E-state index contributed by atoms with van der Waals surface area (Å²) < 4.78 is 60.2. The number of halogens is 2. The third-order valence-corrected chi connectivity index (χ3v) is 7.01. The number of nitrogens with zero attached hydrogens (tertiary/aromatic N) is 4. The van der Waals surface area contributed by atoms with E-state index in [1.165, 1.54) is 37.2 Å². The van der Waals surface area contributed by atoms with E-state index in [1.807, 2.05) is 11.8 Å². The first kappa shape index (κ1) is 23.8. The fourth-order valence-electron chi connectivity index (χ4n) is 3.81. The van der Waals surface area contributed by atoms with Crippen LogP contribution in [-0.4, -0.2) is 54.9 Å². The van der Waals surface area contributed by atoms with Crippen molar-refractivity contribution in [2.24, 2.45) is 0 Å². The van der Waals surface area contributed by atoms with E-state index < -0.39 is 33.6 Å². The smallest absolute Gasteiger partial charge is 0.335 e. The Kier molecular flexibility index (Phi) is 6.36. The molecule has 9 nitrogen and oxygen atoms in total. The van der Waals surface area contributed by atoms with Crippen LogP contribution in [-0.2, 0) is 23.0 Å². The van der Waals surface area contributed by atoms with Crippen LogP contribution in [0, 0.1) is 11.6 Å². The Morgan fingerprint density at radius 3 is 2.53 bits per heavy atom. The zero-order chi connectivity index (χ0) is 24.6. The number of aromatic nitrogens is 2. The molecule has 1 aliphatic rings. The standard InChI is InChI=1S/C22H23F2N5O4S/c1-13(15-8-17(23)11-18(24)9-15)29-7-6-14-4-5-19(10-16(14)12-29)34(31,32)27-22-25-20(26-33-22)21(30)28(2)3/h4-5,8-11,13H,6-7,12H2,1-3H3,(H,25,26,27). The average molecular weight is 492 g/mol. The molecular formula is C22H23F2N5O4S. The molecule has 0 saturated carbocycles. The lowest BCUT2D eigenvalue weighted by molar-refractivity contribution is 0.0812. The summed E-state index contributed by atoms with van der Waals surface area (Å²) in [7, 11) is -1.06. The van der Waals surface area contributed by atoms with Crippen molar-refractivity contribution in [2.75, 3.05) is 25.4 Å². The van der Waals surface area contributed by atoms with Gasteiger partial charge in [0.1, 0.15) is 11.6 Å². The molecular weight excluding hydrogens is 468 g/mol.